The van der Waals surface area contributed by atoms with Crippen LogP contribution in [0.2, 0.25) is 0 Å². The lowest BCUT2D eigenvalue weighted by Gasteiger charge is -2.30. The summed E-state index contributed by atoms with van der Waals surface area (Å²) in [6, 6.07) is 8.13. The maximum atomic E-state index is 12.6. The standard InChI is InChI=1S/C22H28N4O4/c1-14-4-6-17(7-5-14)12-26-16(3)20(15(2)24-26)22(29)30-13-19(27)25-10-8-18(9-11-25)21(23)28/h4-7,18H,8-13H2,1-3H3,(H2,23,28). The van der Waals surface area contributed by atoms with E-state index in [4.69, 9.17) is 10.5 Å². The third kappa shape index (κ3) is 4.87. The van der Waals surface area contributed by atoms with Gasteiger partial charge in [0.05, 0.1) is 17.9 Å². The normalized spacial score (nSPS) is 14.6. The van der Waals surface area contributed by atoms with E-state index in [1.54, 1.807) is 16.5 Å². The van der Waals surface area contributed by atoms with Gasteiger partial charge in [-0.1, -0.05) is 29.8 Å². The molecule has 2 heterocycles. The molecule has 3 rings (SSSR count). The van der Waals surface area contributed by atoms with Crippen LogP contribution in [0.25, 0.3) is 0 Å². The van der Waals surface area contributed by atoms with Gasteiger partial charge in [0.1, 0.15) is 5.56 Å². The summed E-state index contributed by atoms with van der Waals surface area (Å²) in [5.41, 5.74) is 9.24. The van der Waals surface area contributed by atoms with Crippen LogP contribution >= 0.6 is 0 Å². The van der Waals surface area contributed by atoms with Crippen molar-refractivity contribution in [3.8, 4) is 0 Å². The molecule has 2 amide bonds. The van der Waals surface area contributed by atoms with Gasteiger partial charge in [0.2, 0.25) is 5.91 Å². The highest BCUT2D eigenvalue weighted by molar-refractivity contribution is 5.93. The fourth-order valence-corrected chi connectivity index (χ4v) is 3.72. The van der Waals surface area contributed by atoms with E-state index in [-0.39, 0.29) is 24.3 Å². The average Bonchev–Trinajstić information content (AvgIpc) is 3.00. The number of primary amides is 1. The van der Waals surface area contributed by atoms with Crippen molar-refractivity contribution in [3.63, 3.8) is 0 Å². The van der Waals surface area contributed by atoms with E-state index in [1.807, 2.05) is 38.1 Å². The Morgan fingerprint density at radius 2 is 1.73 bits per heavy atom. The van der Waals surface area contributed by atoms with Crippen molar-refractivity contribution in [2.45, 2.75) is 40.2 Å². The van der Waals surface area contributed by atoms with Gasteiger partial charge < -0.3 is 15.4 Å². The monoisotopic (exact) mass is 412 g/mol. The number of nitrogens with zero attached hydrogens (tertiary/aromatic N) is 3. The molecule has 1 fully saturated rings. The Kier molecular flexibility index (Phi) is 6.54. The topological polar surface area (TPSA) is 108 Å². The molecule has 8 nitrogen and oxygen atoms in total. The minimum Gasteiger partial charge on any atom is -0.452 e. The van der Waals surface area contributed by atoms with E-state index in [1.165, 1.54) is 5.56 Å². The minimum atomic E-state index is -0.555. The van der Waals surface area contributed by atoms with Gasteiger partial charge in [-0.15, -0.1) is 0 Å². The van der Waals surface area contributed by atoms with Crippen molar-refractivity contribution in [2.24, 2.45) is 11.7 Å². The third-order valence-electron chi connectivity index (χ3n) is 5.62. The maximum Gasteiger partial charge on any atom is 0.342 e. The van der Waals surface area contributed by atoms with Crippen LogP contribution in [0.3, 0.4) is 0 Å². The number of carbonyl (C=O) groups is 3. The molecule has 8 heteroatoms. The van der Waals surface area contributed by atoms with Gasteiger partial charge in [0.15, 0.2) is 6.61 Å². The molecule has 0 bridgehead atoms. The number of piperidine rings is 1. The van der Waals surface area contributed by atoms with E-state index in [0.717, 1.165) is 5.56 Å². The molecule has 1 aliphatic heterocycles. The Hall–Kier alpha value is -3.16. The third-order valence-corrected chi connectivity index (χ3v) is 5.62. The van der Waals surface area contributed by atoms with E-state index in [9.17, 15) is 14.4 Å². The summed E-state index contributed by atoms with van der Waals surface area (Å²) in [6.07, 6.45) is 1.08. The van der Waals surface area contributed by atoms with Crippen molar-refractivity contribution in [3.05, 3.63) is 52.3 Å². The molecule has 2 N–H and O–H groups in total. The second-order valence-corrected chi connectivity index (χ2v) is 7.82. The van der Waals surface area contributed by atoms with Gasteiger partial charge in [-0.2, -0.15) is 5.10 Å². The lowest BCUT2D eigenvalue weighted by molar-refractivity contribution is -0.137. The SMILES string of the molecule is Cc1ccc(Cn2nc(C)c(C(=O)OCC(=O)N3CCC(C(N)=O)CC3)c2C)cc1. The Bertz CT molecular complexity index is 941. The van der Waals surface area contributed by atoms with Crippen LogP contribution in [0.15, 0.2) is 24.3 Å². The van der Waals surface area contributed by atoms with Crippen LogP contribution in [-0.4, -0.2) is 52.2 Å². The Morgan fingerprint density at radius 3 is 2.33 bits per heavy atom. The zero-order valence-electron chi connectivity index (χ0n) is 17.7. The van der Waals surface area contributed by atoms with Gasteiger partial charge in [-0.25, -0.2) is 4.79 Å². The van der Waals surface area contributed by atoms with Crippen LogP contribution in [0.4, 0.5) is 0 Å². The second kappa shape index (κ2) is 9.11. The molecular formula is C22H28N4O4. The highest BCUT2D eigenvalue weighted by atomic mass is 16.5. The summed E-state index contributed by atoms with van der Waals surface area (Å²) < 4.78 is 7.05. The first-order valence-corrected chi connectivity index (χ1v) is 10.1. The van der Waals surface area contributed by atoms with Crippen molar-refractivity contribution >= 4 is 17.8 Å². The Balaban J connectivity index is 1.59. The summed E-state index contributed by atoms with van der Waals surface area (Å²) >= 11 is 0. The number of amides is 2. The number of benzene rings is 1. The molecule has 0 saturated carbocycles. The quantitative estimate of drug-likeness (QED) is 0.727. The number of carbonyl (C=O) groups excluding carboxylic acids is 3. The summed E-state index contributed by atoms with van der Waals surface area (Å²) in [6.45, 7) is 6.71. The van der Waals surface area contributed by atoms with Crippen molar-refractivity contribution in [2.75, 3.05) is 19.7 Å². The summed E-state index contributed by atoms with van der Waals surface area (Å²) in [4.78, 5) is 37.8. The summed E-state index contributed by atoms with van der Waals surface area (Å²) in [7, 11) is 0. The smallest absolute Gasteiger partial charge is 0.342 e. The number of esters is 1. The molecule has 1 aromatic heterocycles. The number of aromatic nitrogens is 2. The predicted molar refractivity (Wildman–Crippen MR) is 111 cm³/mol. The first kappa shape index (κ1) is 21.5. The van der Waals surface area contributed by atoms with Gasteiger partial charge in [-0.05, 0) is 39.2 Å². The lowest BCUT2D eigenvalue weighted by Crippen LogP contribution is -2.43. The first-order valence-electron chi connectivity index (χ1n) is 10.1. The average molecular weight is 412 g/mol. The number of rotatable bonds is 6. The first-order chi connectivity index (χ1) is 14.3. The van der Waals surface area contributed by atoms with E-state index in [2.05, 4.69) is 5.10 Å². The number of aryl methyl sites for hydroxylation is 2. The van der Waals surface area contributed by atoms with E-state index in [0.29, 0.717) is 49.4 Å². The highest BCUT2D eigenvalue weighted by Crippen LogP contribution is 2.18. The molecule has 1 aliphatic rings. The zero-order chi connectivity index (χ0) is 21.8. The van der Waals surface area contributed by atoms with E-state index < -0.39 is 5.97 Å². The van der Waals surface area contributed by atoms with Crippen LogP contribution in [0, 0.1) is 26.7 Å². The minimum absolute atomic E-state index is 0.193. The van der Waals surface area contributed by atoms with E-state index >= 15 is 0 Å². The number of nitrogens with two attached hydrogens (primary N) is 1. The van der Waals surface area contributed by atoms with Gasteiger partial charge >= 0.3 is 5.97 Å². The van der Waals surface area contributed by atoms with Crippen LogP contribution in [-0.2, 0) is 20.9 Å². The predicted octanol–water partition coefficient (Wildman–Crippen LogP) is 1.74. The van der Waals surface area contributed by atoms with Gasteiger partial charge in [0, 0.05) is 19.0 Å². The van der Waals surface area contributed by atoms with Gasteiger partial charge in [-0.3, -0.25) is 14.3 Å². The maximum absolute atomic E-state index is 12.6. The number of likely N-dealkylation sites (tertiary alicyclic amines) is 1. The summed E-state index contributed by atoms with van der Waals surface area (Å²) in [5.74, 6) is -1.35. The highest BCUT2D eigenvalue weighted by Gasteiger charge is 2.27. The fourth-order valence-electron chi connectivity index (χ4n) is 3.72. The molecule has 1 aromatic carbocycles. The van der Waals surface area contributed by atoms with Crippen molar-refractivity contribution in [1.82, 2.24) is 14.7 Å². The number of hydrogen-bond donors (Lipinski definition) is 1. The Labute approximate surface area is 176 Å². The molecular weight excluding hydrogens is 384 g/mol. The fraction of sp³-hybridized carbons (Fsp3) is 0.455. The molecule has 0 unspecified atom stereocenters. The number of hydrogen-bond acceptors (Lipinski definition) is 5. The van der Waals surface area contributed by atoms with Crippen LogP contribution < -0.4 is 5.73 Å². The van der Waals surface area contributed by atoms with Crippen LogP contribution in [0.1, 0.15) is 45.7 Å². The number of ether oxygens (including phenoxy) is 1. The second-order valence-electron chi connectivity index (χ2n) is 7.82. The molecule has 160 valence electrons. The summed E-state index contributed by atoms with van der Waals surface area (Å²) in [5, 5.41) is 4.47. The van der Waals surface area contributed by atoms with Crippen molar-refractivity contribution in [1.29, 1.82) is 0 Å². The largest absolute Gasteiger partial charge is 0.452 e. The zero-order valence-corrected chi connectivity index (χ0v) is 17.7. The molecule has 0 atom stereocenters. The molecule has 0 spiro atoms. The molecule has 0 aliphatic carbocycles. The Morgan fingerprint density at radius 1 is 1.10 bits per heavy atom. The van der Waals surface area contributed by atoms with Gasteiger partial charge in [0.25, 0.3) is 5.91 Å². The van der Waals surface area contributed by atoms with Crippen LogP contribution in [0.5, 0.6) is 0 Å². The van der Waals surface area contributed by atoms with Crippen molar-refractivity contribution < 1.29 is 19.1 Å². The molecule has 2 aromatic rings. The lowest BCUT2D eigenvalue weighted by atomic mass is 9.96. The molecule has 0 radical (unpaired) electrons. The molecule has 1 saturated heterocycles. The molecule has 30 heavy (non-hydrogen) atoms.